The Morgan fingerprint density at radius 1 is 1.11 bits per heavy atom. The lowest BCUT2D eigenvalue weighted by molar-refractivity contribution is -0.126. The van der Waals surface area contributed by atoms with E-state index in [1.807, 2.05) is 6.07 Å². The van der Waals surface area contributed by atoms with E-state index in [1.54, 1.807) is 25.3 Å². The number of rotatable bonds is 6. The van der Waals surface area contributed by atoms with Crippen LogP contribution in [0.3, 0.4) is 0 Å². The average molecular weight is 500 g/mol. The summed E-state index contributed by atoms with van der Waals surface area (Å²) in [5.74, 6) is 1.40. The van der Waals surface area contributed by atoms with Gasteiger partial charge in [0.15, 0.2) is 17.3 Å². The number of nitrogens with one attached hydrogen (secondary N) is 3. The molecule has 184 valence electrons. The van der Waals surface area contributed by atoms with E-state index < -0.39 is 5.82 Å². The van der Waals surface area contributed by atoms with Crippen molar-refractivity contribution < 1.29 is 18.7 Å². The highest BCUT2D eigenvalue weighted by Gasteiger charge is 2.34. The third-order valence-corrected chi connectivity index (χ3v) is 6.97. The van der Waals surface area contributed by atoms with Gasteiger partial charge in [-0.3, -0.25) is 4.79 Å². The minimum absolute atomic E-state index is 0.00401. The van der Waals surface area contributed by atoms with Crippen molar-refractivity contribution in [2.45, 2.75) is 37.8 Å². The molecule has 2 aromatic carbocycles. The fraction of sp³-hybridized carbons (Fsp3) is 0.400. The zero-order valence-corrected chi connectivity index (χ0v) is 20.1. The van der Waals surface area contributed by atoms with Crippen molar-refractivity contribution in [1.29, 1.82) is 0 Å². The number of ether oxygens (including phenoxy) is 2. The molecular weight excluding hydrogens is 473 g/mol. The first-order valence-electron chi connectivity index (χ1n) is 11.7. The maximum atomic E-state index is 14.5. The zero-order valence-electron chi connectivity index (χ0n) is 19.3. The third kappa shape index (κ3) is 4.97. The Morgan fingerprint density at radius 3 is 2.71 bits per heavy atom. The van der Waals surface area contributed by atoms with Gasteiger partial charge < -0.3 is 25.4 Å². The number of benzene rings is 2. The van der Waals surface area contributed by atoms with Crippen molar-refractivity contribution in [3.05, 3.63) is 47.5 Å². The van der Waals surface area contributed by atoms with E-state index >= 15 is 0 Å². The predicted octanol–water partition coefficient (Wildman–Crippen LogP) is 4.20. The molecule has 1 saturated carbocycles. The van der Waals surface area contributed by atoms with Crippen LogP contribution in [-0.4, -0.2) is 48.2 Å². The first kappa shape index (κ1) is 23.6. The van der Waals surface area contributed by atoms with Crippen molar-refractivity contribution in [2.24, 2.45) is 5.92 Å². The van der Waals surface area contributed by atoms with Crippen molar-refractivity contribution in [3.63, 3.8) is 0 Å². The number of halogens is 2. The number of fused-ring (bicyclic) bond motifs is 1. The summed E-state index contributed by atoms with van der Waals surface area (Å²) in [5, 5.41) is 10.00. The molecule has 8 nitrogen and oxygen atoms in total. The number of anilines is 2. The summed E-state index contributed by atoms with van der Waals surface area (Å²) in [6.07, 6.45) is 4.87. The van der Waals surface area contributed by atoms with Crippen LogP contribution in [0.2, 0.25) is 5.02 Å². The lowest BCUT2D eigenvalue weighted by Crippen LogP contribution is -2.56. The first-order chi connectivity index (χ1) is 17.0. The standard InChI is InChI=1S/C25H27ClFN5O3/c1-34-20-12-19-16(24(31-13-30-19)32-18-4-2-3-17(26)22(18)27)11-21(20)35-15-7-5-14(6-8-15)23-25(33)29-10-9-28-23/h2-4,11-15,23,28H,5-10H2,1H3,(H,29,33)(H,30,31,32)/t14-,15+,23-/m1/s1. The van der Waals surface area contributed by atoms with Crippen molar-refractivity contribution in [3.8, 4) is 11.5 Å². The SMILES string of the molecule is COc1cc2ncnc(Nc3cccc(Cl)c3F)c2cc1O[C@H]1CC[C@@H]([C@H]2NCCNC2=O)CC1. The van der Waals surface area contributed by atoms with E-state index in [0.29, 0.717) is 40.7 Å². The van der Waals surface area contributed by atoms with Gasteiger partial charge in [-0.25, -0.2) is 14.4 Å². The van der Waals surface area contributed by atoms with E-state index in [-0.39, 0.29) is 28.8 Å². The van der Waals surface area contributed by atoms with Gasteiger partial charge in [-0.05, 0) is 49.8 Å². The van der Waals surface area contributed by atoms with Crippen LogP contribution >= 0.6 is 11.6 Å². The molecule has 35 heavy (non-hydrogen) atoms. The van der Waals surface area contributed by atoms with E-state index in [4.69, 9.17) is 21.1 Å². The maximum Gasteiger partial charge on any atom is 0.237 e. The molecular formula is C25H27ClFN5O3. The number of carbonyl (C=O) groups is 1. The molecule has 10 heteroatoms. The summed E-state index contributed by atoms with van der Waals surface area (Å²) < 4.78 is 26.4. The van der Waals surface area contributed by atoms with Gasteiger partial charge in [0, 0.05) is 24.5 Å². The van der Waals surface area contributed by atoms with Gasteiger partial charge in [-0.1, -0.05) is 17.7 Å². The van der Waals surface area contributed by atoms with Crippen LogP contribution in [0, 0.1) is 11.7 Å². The quantitative estimate of drug-likeness (QED) is 0.467. The topological polar surface area (TPSA) is 97.4 Å². The molecule has 0 unspecified atom stereocenters. The fourth-order valence-electron chi connectivity index (χ4n) is 4.86. The highest BCUT2D eigenvalue weighted by molar-refractivity contribution is 6.31. The monoisotopic (exact) mass is 499 g/mol. The lowest BCUT2D eigenvalue weighted by atomic mass is 9.81. The van der Waals surface area contributed by atoms with Gasteiger partial charge in [0.25, 0.3) is 0 Å². The van der Waals surface area contributed by atoms with E-state index in [9.17, 15) is 9.18 Å². The van der Waals surface area contributed by atoms with Gasteiger partial charge in [0.2, 0.25) is 5.91 Å². The number of aromatic nitrogens is 2. The summed E-state index contributed by atoms with van der Waals surface area (Å²) in [6.45, 7) is 1.48. The molecule has 0 spiro atoms. The Labute approximate surface area is 207 Å². The minimum Gasteiger partial charge on any atom is -0.493 e. The second-order valence-electron chi connectivity index (χ2n) is 8.85. The molecule has 1 amide bonds. The molecule has 5 rings (SSSR count). The Kier molecular flexibility index (Phi) is 6.88. The summed E-state index contributed by atoms with van der Waals surface area (Å²) in [5.41, 5.74) is 0.849. The molecule has 2 fully saturated rings. The second-order valence-corrected chi connectivity index (χ2v) is 9.25. The van der Waals surface area contributed by atoms with E-state index in [1.165, 1.54) is 12.4 Å². The Morgan fingerprint density at radius 2 is 1.94 bits per heavy atom. The van der Waals surface area contributed by atoms with E-state index in [2.05, 4.69) is 25.9 Å². The largest absolute Gasteiger partial charge is 0.493 e. The second kappa shape index (κ2) is 10.2. The molecule has 2 heterocycles. The van der Waals surface area contributed by atoms with Crippen LogP contribution in [0.1, 0.15) is 25.7 Å². The molecule has 1 aliphatic heterocycles. The number of methoxy groups -OCH3 is 1. The highest BCUT2D eigenvalue weighted by Crippen LogP contribution is 2.38. The molecule has 0 bridgehead atoms. The van der Waals surface area contributed by atoms with Crippen LogP contribution < -0.4 is 25.4 Å². The predicted molar refractivity (Wildman–Crippen MR) is 132 cm³/mol. The van der Waals surface area contributed by atoms with Crippen LogP contribution in [0.25, 0.3) is 10.9 Å². The molecule has 2 aliphatic rings. The fourth-order valence-corrected chi connectivity index (χ4v) is 5.03. The number of carbonyl (C=O) groups excluding carboxylic acids is 1. The smallest absolute Gasteiger partial charge is 0.237 e. The normalized spacial score (nSPS) is 22.5. The van der Waals surface area contributed by atoms with Gasteiger partial charge in [-0.2, -0.15) is 0 Å². The Hall–Kier alpha value is -3.17. The van der Waals surface area contributed by atoms with Crippen LogP contribution in [0.15, 0.2) is 36.7 Å². The lowest BCUT2D eigenvalue weighted by Gasteiger charge is -2.35. The summed E-state index contributed by atoms with van der Waals surface area (Å²) in [7, 11) is 1.58. The molecule has 3 aromatic rings. The van der Waals surface area contributed by atoms with Crippen molar-refractivity contribution >= 4 is 39.9 Å². The van der Waals surface area contributed by atoms with Gasteiger partial charge in [0.05, 0.1) is 35.5 Å². The number of piperazine rings is 1. The highest BCUT2D eigenvalue weighted by atomic mass is 35.5. The third-order valence-electron chi connectivity index (χ3n) is 6.68. The van der Waals surface area contributed by atoms with Crippen molar-refractivity contribution in [2.75, 3.05) is 25.5 Å². The van der Waals surface area contributed by atoms with Crippen LogP contribution in [-0.2, 0) is 4.79 Å². The molecule has 3 N–H and O–H groups in total. The number of hydrogen-bond acceptors (Lipinski definition) is 7. The van der Waals surface area contributed by atoms with Gasteiger partial charge in [0.1, 0.15) is 12.1 Å². The average Bonchev–Trinajstić information content (AvgIpc) is 2.87. The molecule has 1 atom stereocenters. The number of amides is 1. The van der Waals surface area contributed by atoms with Crippen LogP contribution in [0.4, 0.5) is 15.9 Å². The van der Waals surface area contributed by atoms with E-state index in [0.717, 1.165) is 32.2 Å². The molecule has 0 radical (unpaired) electrons. The number of nitrogens with zero attached hydrogens (tertiary/aromatic N) is 2. The van der Waals surface area contributed by atoms with Crippen LogP contribution in [0.5, 0.6) is 11.5 Å². The molecule has 1 aliphatic carbocycles. The van der Waals surface area contributed by atoms with Gasteiger partial charge in [-0.15, -0.1) is 0 Å². The Bertz CT molecular complexity index is 1240. The summed E-state index contributed by atoms with van der Waals surface area (Å²) in [4.78, 5) is 20.9. The first-order valence-corrected chi connectivity index (χ1v) is 12.1. The van der Waals surface area contributed by atoms with Crippen molar-refractivity contribution in [1.82, 2.24) is 20.6 Å². The molecule has 1 aromatic heterocycles. The minimum atomic E-state index is -0.552. The van der Waals surface area contributed by atoms with Gasteiger partial charge >= 0.3 is 0 Å². The Balaban J connectivity index is 1.36. The molecule has 1 saturated heterocycles. The summed E-state index contributed by atoms with van der Waals surface area (Å²) >= 11 is 5.93. The number of hydrogen-bond donors (Lipinski definition) is 3. The summed E-state index contributed by atoms with van der Waals surface area (Å²) in [6, 6.07) is 8.22. The zero-order chi connectivity index (χ0) is 24.4. The maximum absolute atomic E-state index is 14.5.